The van der Waals surface area contributed by atoms with E-state index in [1.54, 1.807) is 12.1 Å². The molecule has 0 unspecified atom stereocenters. The lowest BCUT2D eigenvalue weighted by Crippen LogP contribution is -2.07. The van der Waals surface area contributed by atoms with Crippen molar-refractivity contribution in [2.75, 3.05) is 5.32 Å². The zero-order valence-corrected chi connectivity index (χ0v) is 11.3. The van der Waals surface area contributed by atoms with Crippen LogP contribution in [0.15, 0.2) is 42.5 Å². The molecule has 20 heavy (non-hydrogen) atoms. The molecule has 2 aromatic carbocycles. The molecule has 0 amide bonds. The molecule has 0 spiro atoms. The normalized spacial score (nSPS) is 10.3. The monoisotopic (exact) mass is 271 g/mol. The topological polar surface area (TPSA) is 69.6 Å². The second-order valence-electron chi connectivity index (χ2n) is 4.69. The maximum atomic E-state index is 11.2. The van der Waals surface area contributed by atoms with E-state index in [-0.39, 0.29) is 12.2 Å². The number of nitrogens with one attached hydrogen (secondary N) is 1. The third-order valence-electron chi connectivity index (χ3n) is 3.06. The van der Waals surface area contributed by atoms with Crippen molar-refractivity contribution in [3.63, 3.8) is 0 Å². The Hall–Kier alpha value is -2.33. The number of aliphatic hydroxyl groups is 1. The second-order valence-corrected chi connectivity index (χ2v) is 4.69. The van der Waals surface area contributed by atoms with Crippen LogP contribution in [0.3, 0.4) is 0 Å². The van der Waals surface area contributed by atoms with Crippen molar-refractivity contribution in [1.82, 2.24) is 0 Å². The summed E-state index contributed by atoms with van der Waals surface area (Å²) in [6.07, 6.45) is 0. The van der Waals surface area contributed by atoms with Gasteiger partial charge < -0.3 is 15.5 Å². The summed E-state index contributed by atoms with van der Waals surface area (Å²) in [4.78, 5) is 11.2. The third-order valence-corrected chi connectivity index (χ3v) is 3.06. The number of benzene rings is 2. The minimum absolute atomic E-state index is 0.00124. The summed E-state index contributed by atoms with van der Waals surface area (Å²) in [7, 11) is 0. The fourth-order valence-corrected chi connectivity index (χ4v) is 2.02. The number of anilines is 1. The van der Waals surface area contributed by atoms with Gasteiger partial charge in [0, 0.05) is 12.2 Å². The van der Waals surface area contributed by atoms with Crippen molar-refractivity contribution in [1.29, 1.82) is 0 Å². The summed E-state index contributed by atoms with van der Waals surface area (Å²) in [5.41, 5.74) is 3.61. The van der Waals surface area contributed by atoms with Gasteiger partial charge in [0.1, 0.15) is 0 Å². The van der Waals surface area contributed by atoms with Crippen LogP contribution in [0.5, 0.6) is 0 Å². The molecule has 0 aliphatic carbocycles. The van der Waals surface area contributed by atoms with E-state index in [2.05, 4.69) is 5.32 Å². The van der Waals surface area contributed by atoms with Gasteiger partial charge in [-0.15, -0.1) is 0 Å². The van der Waals surface area contributed by atoms with Gasteiger partial charge in [-0.3, -0.25) is 0 Å². The number of hydrogen-bond acceptors (Lipinski definition) is 3. The number of carboxylic acids is 1. The first-order valence-corrected chi connectivity index (χ1v) is 6.36. The maximum absolute atomic E-state index is 11.2. The van der Waals surface area contributed by atoms with E-state index in [9.17, 15) is 9.90 Å². The highest BCUT2D eigenvalue weighted by Crippen LogP contribution is 2.18. The van der Waals surface area contributed by atoms with Crippen LogP contribution in [-0.4, -0.2) is 16.2 Å². The molecule has 0 aromatic heterocycles. The molecule has 2 rings (SSSR count). The van der Waals surface area contributed by atoms with Gasteiger partial charge in [0.25, 0.3) is 0 Å². The van der Waals surface area contributed by atoms with Crippen molar-refractivity contribution in [2.45, 2.75) is 20.1 Å². The van der Waals surface area contributed by atoms with Gasteiger partial charge in [-0.05, 0) is 30.2 Å². The zero-order chi connectivity index (χ0) is 14.5. The summed E-state index contributed by atoms with van der Waals surface area (Å²) in [6.45, 7) is 2.37. The van der Waals surface area contributed by atoms with E-state index in [1.165, 1.54) is 0 Å². The van der Waals surface area contributed by atoms with Crippen LogP contribution >= 0.6 is 0 Å². The van der Waals surface area contributed by atoms with E-state index in [0.717, 1.165) is 16.7 Å². The Morgan fingerprint density at radius 2 is 1.90 bits per heavy atom. The largest absolute Gasteiger partial charge is 0.478 e. The van der Waals surface area contributed by atoms with Crippen molar-refractivity contribution < 1.29 is 15.0 Å². The fraction of sp³-hybridized carbons (Fsp3) is 0.188. The molecular formula is C16H17NO3. The van der Waals surface area contributed by atoms with Gasteiger partial charge in [0.05, 0.1) is 12.2 Å². The van der Waals surface area contributed by atoms with E-state index in [1.807, 2.05) is 37.3 Å². The lowest BCUT2D eigenvalue weighted by Gasteiger charge is -2.11. The Morgan fingerprint density at radius 1 is 1.15 bits per heavy atom. The number of carboxylic acid groups (broad SMARTS) is 1. The number of aromatic carboxylic acids is 1. The Bertz CT molecular complexity index is 623. The summed E-state index contributed by atoms with van der Waals surface area (Å²) >= 11 is 0. The molecule has 0 fully saturated rings. The highest BCUT2D eigenvalue weighted by Gasteiger charge is 2.09. The van der Waals surface area contributed by atoms with Crippen molar-refractivity contribution in [2.24, 2.45) is 0 Å². The first kappa shape index (κ1) is 14.1. The van der Waals surface area contributed by atoms with Crippen LogP contribution < -0.4 is 5.32 Å². The number of aryl methyl sites for hydroxylation is 1. The molecule has 0 bridgehead atoms. The van der Waals surface area contributed by atoms with Crippen LogP contribution in [0.2, 0.25) is 0 Å². The first-order chi connectivity index (χ1) is 9.60. The molecular weight excluding hydrogens is 254 g/mol. The average molecular weight is 271 g/mol. The molecule has 2 aromatic rings. The molecule has 0 aliphatic heterocycles. The fourth-order valence-electron chi connectivity index (χ4n) is 2.02. The molecule has 0 atom stereocenters. The standard InChI is InChI=1S/C16H17NO3/c1-11-5-6-15(14(7-11)16(19)20)17-9-12-3-2-4-13(8-12)10-18/h2-8,17-18H,9-10H2,1H3,(H,19,20). The lowest BCUT2D eigenvalue weighted by molar-refractivity contribution is 0.0698. The van der Waals surface area contributed by atoms with Gasteiger partial charge in [0.15, 0.2) is 0 Å². The van der Waals surface area contributed by atoms with Crippen LogP contribution in [0, 0.1) is 6.92 Å². The highest BCUT2D eigenvalue weighted by molar-refractivity contribution is 5.94. The second kappa shape index (κ2) is 6.21. The number of hydrogen-bond donors (Lipinski definition) is 3. The Balaban J connectivity index is 2.16. The van der Waals surface area contributed by atoms with Gasteiger partial charge in [-0.25, -0.2) is 4.79 Å². The smallest absolute Gasteiger partial charge is 0.337 e. The SMILES string of the molecule is Cc1ccc(NCc2cccc(CO)c2)c(C(=O)O)c1. The van der Waals surface area contributed by atoms with Crippen LogP contribution in [0.1, 0.15) is 27.0 Å². The first-order valence-electron chi connectivity index (χ1n) is 6.36. The summed E-state index contributed by atoms with van der Waals surface area (Å²) in [5.74, 6) is -0.944. The summed E-state index contributed by atoms with van der Waals surface area (Å²) in [5, 5.41) is 21.4. The molecule has 4 heteroatoms. The number of rotatable bonds is 5. The van der Waals surface area contributed by atoms with E-state index in [0.29, 0.717) is 12.2 Å². The molecule has 4 nitrogen and oxygen atoms in total. The quantitative estimate of drug-likeness (QED) is 0.782. The molecule has 0 heterocycles. The number of aliphatic hydroxyl groups excluding tert-OH is 1. The Morgan fingerprint density at radius 3 is 2.60 bits per heavy atom. The predicted octanol–water partition coefficient (Wildman–Crippen LogP) is 2.80. The number of carbonyl (C=O) groups is 1. The van der Waals surface area contributed by atoms with Crippen LogP contribution in [0.25, 0.3) is 0 Å². The van der Waals surface area contributed by atoms with Crippen molar-refractivity contribution in [3.05, 3.63) is 64.7 Å². The molecule has 0 saturated carbocycles. The third kappa shape index (κ3) is 3.36. The Kier molecular flexibility index (Phi) is 4.38. The summed E-state index contributed by atoms with van der Waals surface area (Å²) in [6, 6.07) is 12.8. The van der Waals surface area contributed by atoms with Gasteiger partial charge in [0.2, 0.25) is 0 Å². The molecule has 3 N–H and O–H groups in total. The molecule has 0 radical (unpaired) electrons. The minimum Gasteiger partial charge on any atom is -0.478 e. The van der Waals surface area contributed by atoms with E-state index >= 15 is 0 Å². The molecule has 104 valence electrons. The lowest BCUT2D eigenvalue weighted by atomic mass is 10.1. The van der Waals surface area contributed by atoms with Gasteiger partial charge in [-0.1, -0.05) is 35.9 Å². The molecule has 0 saturated heterocycles. The average Bonchev–Trinajstić information content (AvgIpc) is 2.46. The van der Waals surface area contributed by atoms with Gasteiger partial charge in [-0.2, -0.15) is 0 Å². The summed E-state index contributed by atoms with van der Waals surface area (Å²) < 4.78 is 0. The predicted molar refractivity (Wildman–Crippen MR) is 77.8 cm³/mol. The van der Waals surface area contributed by atoms with Gasteiger partial charge >= 0.3 is 5.97 Å². The Labute approximate surface area is 117 Å². The molecule has 0 aliphatic rings. The van der Waals surface area contributed by atoms with E-state index < -0.39 is 5.97 Å². The zero-order valence-electron chi connectivity index (χ0n) is 11.3. The minimum atomic E-state index is -0.944. The van der Waals surface area contributed by atoms with Crippen molar-refractivity contribution >= 4 is 11.7 Å². The maximum Gasteiger partial charge on any atom is 0.337 e. The van der Waals surface area contributed by atoms with Crippen LogP contribution in [-0.2, 0) is 13.2 Å². The van der Waals surface area contributed by atoms with Crippen molar-refractivity contribution in [3.8, 4) is 0 Å². The van der Waals surface area contributed by atoms with Crippen LogP contribution in [0.4, 0.5) is 5.69 Å². The highest BCUT2D eigenvalue weighted by atomic mass is 16.4. The van der Waals surface area contributed by atoms with E-state index in [4.69, 9.17) is 5.11 Å².